The Balaban J connectivity index is 2.00. The summed E-state index contributed by atoms with van der Waals surface area (Å²) >= 11 is 18.4. The van der Waals surface area contributed by atoms with Gasteiger partial charge < -0.3 is 15.2 Å². The van der Waals surface area contributed by atoms with Crippen molar-refractivity contribution >= 4 is 66.7 Å². The highest BCUT2D eigenvalue weighted by Crippen LogP contribution is 2.34. The van der Waals surface area contributed by atoms with Crippen LogP contribution in [0.3, 0.4) is 0 Å². The summed E-state index contributed by atoms with van der Waals surface area (Å²) in [6.07, 6.45) is 0. The van der Waals surface area contributed by atoms with E-state index >= 15 is 0 Å². The molecule has 0 fully saturated rings. The van der Waals surface area contributed by atoms with Crippen molar-refractivity contribution < 1.29 is 14.6 Å². The minimum absolute atomic E-state index is 0.0880. The molecule has 0 heterocycles. The van der Waals surface area contributed by atoms with Crippen LogP contribution in [0.25, 0.3) is 0 Å². The Morgan fingerprint density at radius 1 is 1.13 bits per heavy atom. The van der Waals surface area contributed by atoms with E-state index in [0.717, 1.165) is 5.56 Å². The maximum atomic E-state index is 11.9. The van der Waals surface area contributed by atoms with Crippen molar-refractivity contribution in [2.45, 2.75) is 6.61 Å². The maximum absolute atomic E-state index is 11.9. The van der Waals surface area contributed by atoms with Crippen molar-refractivity contribution in [2.75, 3.05) is 11.9 Å². The molecule has 23 heavy (non-hydrogen) atoms. The summed E-state index contributed by atoms with van der Waals surface area (Å²) in [5, 5.41) is 12.6. The second-order valence-electron chi connectivity index (χ2n) is 4.51. The second kappa shape index (κ2) is 8.35. The lowest BCUT2D eigenvalue weighted by Crippen LogP contribution is -2.20. The number of carbonyl (C=O) groups is 1. The normalized spacial score (nSPS) is 10.5. The zero-order valence-corrected chi connectivity index (χ0v) is 16.3. The molecule has 2 aromatic carbocycles. The van der Waals surface area contributed by atoms with Gasteiger partial charge in [0.1, 0.15) is 5.75 Å². The zero-order valence-electron chi connectivity index (χ0n) is 11.6. The number of hydrogen-bond acceptors (Lipinski definition) is 3. The lowest BCUT2D eigenvalue weighted by Gasteiger charge is -2.12. The Morgan fingerprint density at radius 3 is 2.35 bits per heavy atom. The molecule has 0 radical (unpaired) electrons. The minimum atomic E-state index is -0.339. The number of aliphatic hydroxyl groups is 1. The molecule has 0 spiro atoms. The Hall–Kier alpha value is -0.790. The molecule has 8 heteroatoms. The SMILES string of the molecule is O=C(COc1c(Br)cc(CO)cc1Br)Nc1ccc(Cl)c(Cl)c1. The fourth-order valence-electron chi connectivity index (χ4n) is 1.75. The molecule has 2 N–H and O–H groups in total. The van der Waals surface area contributed by atoms with Gasteiger partial charge in [-0.1, -0.05) is 23.2 Å². The molecule has 0 saturated carbocycles. The first-order chi connectivity index (χ1) is 10.9. The van der Waals surface area contributed by atoms with Crippen molar-refractivity contribution in [1.29, 1.82) is 0 Å². The van der Waals surface area contributed by atoms with Crippen molar-refractivity contribution in [3.05, 3.63) is 54.9 Å². The van der Waals surface area contributed by atoms with Crippen LogP contribution in [0, 0.1) is 0 Å². The molecule has 0 atom stereocenters. The summed E-state index contributed by atoms with van der Waals surface area (Å²) in [7, 11) is 0. The van der Waals surface area contributed by atoms with Gasteiger partial charge in [0.25, 0.3) is 5.91 Å². The van der Waals surface area contributed by atoms with Crippen LogP contribution in [0.1, 0.15) is 5.56 Å². The largest absolute Gasteiger partial charge is 0.481 e. The third-order valence-corrected chi connectivity index (χ3v) is 4.71. The molecule has 0 aliphatic rings. The summed E-state index contributed by atoms with van der Waals surface area (Å²) in [5.74, 6) is 0.139. The van der Waals surface area contributed by atoms with E-state index < -0.39 is 0 Å². The van der Waals surface area contributed by atoms with Gasteiger partial charge in [0.15, 0.2) is 6.61 Å². The molecule has 0 aromatic heterocycles. The van der Waals surface area contributed by atoms with E-state index in [2.05, 4.69) is 37.2 Å². The van der Waals surface area contributed by atoms with E-state index in [1.807, 2.05) is 0 Å². The first-order valence-electron chi connectivity index (χ1n) is 6.37. The number of nitrogens with one attached hydrogen (secondary N) is 1. The average Bonchev–Trinajstić information content (AvgIpc) is 2.50. The first kappa shape index (κ1) is 18.5. The average molecular weight is 484 g/mol. The van der Waals surface area contributed by atoms with Crippen molar-refractivity contribution in [3.63, 3.8) is 0 Å². The standard InChI is InChI=1S/C15H11Br2Cl2NO3/c16-10-3-8(6-21)4-11(17)15(10)23-7-14(22)20-9-1-2-12(18)13(19)5-9/h1-5,21H,6-7H2,(H,20,22). The van der Waals surface area contributed by atoms with E-state index in [1.54, 1.807) is 30.3 Å². The number of halogens is 4. The number of carbonyl (C=O) groups excluding carboxylic acids is 1. The van der Waals surface area contributed by atoms with Gasteiger partial charge in [0, 0.05) is 5.69 Å². The Labute approximate surface area is 160 Å². The molecule has 2 aromatic rings. The van der Waals surface area contributed by atoms with Gasteiger partial charge >= 0.3 is 0 Å². The van der Waals surface area contributed by atoms with Crippen LogP contribution in [-0.4, -0.2) is 17.6 Å². The maximum Gasteiger partial charge on any atom is 0.262 e. The fraction of sp³-hybridized carbons (Fsp3) is 0.133. The third kappa shape index (κ3) is 5.09. The Kier molecular flexibility index (Phi) is 6.73. The van der Waals surface area contributed by atoms with E-state index in [1.165, 1.54) is 0 Å². The monoisotopic (exact) mass is 481 g/mol. The fourth-order valence-corrected chi connectivity index (χ4v) is 3.56. The van der Waals surface area contributed by atoms with Gasteiger partial charge in [-0.2, -0.15) is 0 Å². The predicted octanol–water partition coefficient (Wildman–Crippen LogP) is 5.03. The topological polar surface area (TPSA) is 58.6 Å². The second-order valence-corrected chi connectivity index (χ2v) is 7.04. The highest BCUT2D eigenvalue weighted by atomic mass is 79.9. The molecule has 4 nitrogen and oxygen atoms in total. The van der Waals surface area contributed by atoms with Crippen LogP contribution in [-0.2, 0) is 11.4 Å². The van der Waals surface area contributed by atoms with E-state index in [9.17, 15) is 4.79 Å². The molecule has 0 bridgehead atoms. The quantitative estimate of drug-likeness (QED) is 0.627. The minimum Gasteiger partial charge on any atom is -0.481 e. The summed E-state index contributed by atoms with van der Waals surface area (Å²) in [4.78, 5) is 11.9. The van der Waals surface area contributed by atoms with Gasteiger partial charge in [-0.3, -0.25) is 4.79 Å². The predicted molar refractivity (Wildman–Crippen MR) is 98.4 cm³/mol. The zero-order chi connectivity index (χ0) is 17.0. The summed E-state index contributed by atoms with van der Waals surface area (Å²) in [6.45, 7) is -0.273. The smallest absolute Gasteiger partial charge is 0.262 e. The number of anilines is 1. The molecule has 2 rings (SSSR count). The van der Waals surface area contributed by atoms with E-state index in [-0.39, 0.29) is 19.1 Å². The van der Waals surface area contributed by atoms with Crippen molar-refractivity contribution in [3.8, 4) is 5.75 Å². The van der Waals surface area contributed by atoms with Gasteiger partial charge in [0.05, 0.1) is 25.6 Å². The molecular weight excluding hydrogens is 473 g/mol. The van der Waals surface area contributed by atoms with Crippen LogP contribution >= 0.6 is 55.1 Å². The molecular formula is C15H11Br2Cl2NO3. The molecule has 0 unspecified atom stereocenters. The number of aliphatic hydroxyl groups excluding tert-OH is 1. The molecule has 1 amide bonds. The Bertz CT molecular complexity index is 718. The van der Waals surface area contributed by atoms with Crippen LogP contribution in [0.5, 0.6) is 5.75 Å². The van der Waals surface area contributed by atoms with Crippen molar-refractivity contribution in [2.24, 2.45) is 0 Å². The number of ether oxygens (including phenoxy) is 1. The Morgan fingerprint density at radius 2 is 1.78 bits per heavy atom. The number of amides is 1. The van der Waals surface area contributed by atoms with Crippen LogP contribution < -0.4 is 10.1 Å². The summed E-state index contributed by atoms with van der Waals surface area (Å²) < 4.78 is 6.78. The van der Waals surface area contributed by atoms with Gasteiger partial charge in [0.2, 0.25) is 0 Å². The van der Waals surface area contributed by atoms with Gasteiger partial charge in [-0.15, -0.1) is 0 Å². The highest BCUT2D eigenvalue weighted by Gasteiger charge is 2.11. The van der Waals surface area contributed by atoms with Gasteiger partial charge in [-0.25, -0.2) is 0 Å². The highest BCUT2D eigenvalue weighted by molar-refractivity contribution is 9.11. The first-order valence-corrected chi connectivity index (χ1v) is 8.71. The van der Waals surface area contributed by atoms with Crippen molar-refractivity contribution in [1.82, 2.24) is 0 Å². The van der Waals surface area contributed by atoms with Crippen LogP contribution in [0.2, 0.25) is 10.0 Å². The summed E-state index contributed by atoms with van der Waals surface area (Å²) in [5.41, 5.74) is 1.25. The van der Waals surface area contributed by atoms with E-state index in [0.29, 0.717) is 30.4 Å². The molecule has 0 aliphatic heterocycles. The van der Waals surface area contributed by atoms with Crippen LogP contribution in [0.15, 0.2) is 39.3 Å². The molecule has 0 saturated heterocycles. The summed E-state index contributed by atoms with van der Waals surface area (Å²) in [6, 6.07) is 8.24. The molecule has 0 aliphatic carbocycles. The lowest BCUT2D eigenvalue weighted by atomic mass is 10.2. The third-order valence-electron chi connectivity index (χ3n) is 2.79. The number of benzene rings is 2. The van der Waals surface area contributed by atoms with Crippen LogP contribution in [0.4, 0.5) is 5.69 Å². The lowest BCUT2D eigenvalue weighted by molar-refractivity contribution is -0.118. The van der Waals surface area contributed by atoms with E-state index in [4.69, 9.17) is 33.0 Å². The van der Waals surface area contributed by atoms with Gasteiger partial charge in [-0.05, 0) is 67.8 Å². The number of hydrogen-bond donors (Lipinski definition) is 2. The number of rotatable bonds is 5. The molecule has 122 valence electrons.